The molecule has 0 saturated carbocycles. The van der Waals surface area contributed by atoms with Gasteiger partial charge >= 0.3 is 0 Å². The smallest absolute Gasteiger partial charge is 0.264 e. The fourth-order valence-electron chi connectivity index (χ4n) is 1.80. The molecule has 0 radical (unpaired) electrons. The van der Waals surface area contributed by atoms with Gasteiger partial charge in [-0.05, 0) is 31.5 Å². The van der Waals surface area contributed by atoms with E-state index in [9.17, 15) is 13.2 Å². The third-order valence-electron chi connectivity index (χ3n) is 2.85. The van der Waals surface area contributed by atoms with E-state index in [0.29, 0.717) is 5.56 Å². The topological polar surface area (TPSA) is 43.8 Å². The molecule has 0 aliphatic rings. The van der Waals surface area contributed by atoms with Crippen LogP contribution in [-0.2, 0) is 0 Å². The van der Waals surface area contributed by atoms with Crippen LogP contribution in [0.25, 0.3) is 11.1 Å². The Morgan fingerprint density at radius 1 is 1.26 bits per heavy atom. The first-order valence-electron chi connectivity index (χ1n) is 5.81. The molecule has 1 aromatic heterocycles. The van der Waals surface area contributed by atoms with Crippen molar-refractivity contribution >= 4 is 5.69 Å². The molecule has 102 valence electrons. The van der Waals surface area contributed by atoms with Crippen LogP contribution < -0.4 is 5.73 Å². The van der Waals surface area contributed by atoms with Gasteiger partial charge in [0.2, 0.25) is 0 Å². The van der Waals surface area contributed by atoms with Gasteiger partial charge in [-0.25, -0.2) is 13.2 Å². The Labute approximate surface area is 108 Å². The lowest BCUT2D eigenvalue weighted by Crippen LogP contribution is -2.00. The summed E-state index contributed by atoms with van der Waals surface area (Å²) in [6.45, 7) is 3.82. The first-order valence-corrected chi connectivity index (χ1v) is 5.81. The van der Waals surface area contributed by atoms with Crippen molar-refractivity contribution in [3.05, 3.63) is 35.9 Å². The third kappa shape index (κ3) is 2.57. The molecule has 1 aromatic carbocycles. The number of aromatic nitrogens is 2. The van der Waals surface area contributed by atoms with Crippen LogP contribution in [0.15, 0.2) is 24.5 Å². The van der Waals surface area contributed by atoms with Gasteiger partial charge in [-0.15, -0.1) is 0 Å². The molecular formula is C13H14F3N3. The normalized spacial score (nSPS) is 11.5. The van der Waals surface area contributed by atoms with E-state index < -0.39 is 12.2 Å². The first-order chi connectivity index (χ1) is 8.90. The van der Waals surface area contributed by atoms with Crippen LogP contribution in [-0.4, -0.2) is 9.78 Å². The van der Waals surface area contributed by atoms with Crippen LogP contribution in [0.2, 0.25) is 0 Å². The summed E-state index contributed by atoms with van der Waals surface area (Å²) in [6.07, 6.45) is 0.332. The lowest BCUT2D eigenvalue weighted by atomic mass is 10.0. The summed E-state index contributed by atoms with van der Waals surface area (Å²) in [5, 5.41) is 4.06. The third-order valence-corrected chi connectivity index (χ3v) is 2.85. The van der Waals surface area contributed by atoms with Crippen molar-refractivity contribution in [2.24, 2.45) is 0 Å². The van der Waals surface area contributed by atoms with Crippen LogP contribution in [0, 0.1) is 5.82 Å². The number of nitrogens with two attached hydrogens (primary N) is 1. The van der Waals surface area contributed by atoms with Crippen LogP contribution in [0.5, 0.6) is 0 Å². The van der Waals surface area contributed by atoms with Gasteiger partial charge in [0, 0.05) is 23.4 Å². The number of halogens is 3. The molecule has 2 rings (SSSR count). The minimum absolute atomic E-state index is 0.0994. The van der Waals surface area contributed by atoms with Gasteiger partial charge in [0.05, 0.1) is 11.9 Å². The van der Waals surface area contributed by atoms with Gasteiger partial charge in [-0.1, -0.05) is 0 Å². The highest BCUT2D eigenvalue weighted by Crippen LogP contribution is 2.34. The number of rotatable bonds is 3. The quantitative estimate of drug-likeness (QED) is 0.861. The predicted octanol–water partition coefficient (Wildman–Crippen LogP) is 3.79. The monoisotopic (exact) mass is 269 g/mol. The number of nitrogens with zero attached hydrogens (tertiary/aromatic N) is 2. The van der Waals surface area contributed by atoms with Gasteiger partial charge in [-0.2, -0.15) is 5.10 Å². The molecule has 0 unspecified atom stereocenters. The maximum Gasteiger partial charge on any atom is 0.264 e. The Bertz CT molecular complexity index is 591. The summed E-state index contributed by atoms with van der Waals surface area (Å²) in [5.41, 5.74) is 5.32. The van der Waals surface area contributed by atoms with Crippen LogP contribution >= 0.6 is 0 Å². The highest BCUT2D eigenvalue weighted by molar-refractivity contribution is 5.69. The van der Waals surface area contributed by atoms with Crippen molar-refractivity contribution in [1.82, 2.24) is 9.78 Å². The number of hydrogen-bond donors (Lipinski definition) is 1. The second-order valence-electron chi connectivity index (χ2n) is 4.56. The Morgan fingerprint density at radius 3 is 2.47 bits per heavy atom. The summed E-state index contributed by atoms with van der Waals surface area (Å²) >= 11 is 0. The molecule has 6 heteroatoms. The molecule has 3 nitrogen and oxygen atoms in total. The number of hydrogen-bond acceptors (Lipinski definition) is 2. The standard InChI is InChI=1S/C13H14F3N3/c1-7(2)19-6-8(5-18-19)9-3-11(14)12(17)4-10(9)13(15)16/h3-7,13H,17H2,1-2H3. The fourth-order valence-corrected chi connectivity index (χ4v) is 1.80. The van der Waals surface area contributed by atoms with E-state index >= 15 is 0 Å². The zero-order valence-electron chi connectivity index (χ0n) is 10.6. The molecule has 1 heterocycles. The van der Waals surface area contributed by atoms with E-state index in [4.69, 9.17) is 5.73 Å². The number of anilines is 1. The zero-order valence-corrected chi connectivity index (χ0v) is 10.6. The lowest BCUT2D eigenvalue weighted by Gasteiger charge is -2.09. The predicted molar refractivity (Wildman–Crippen MR) is 67.4 cm³/mol. The van der Waals surface area contributed by atoms with Crippen LogP contribution in [0.1, 0.15) is 31.9 Å². The fraction of sp³-hybridized carbons (Fsp3) is 0.308. The largest absolute Gasteiger partial charge is 0.396 e. The number of alkyl halides is 2. The van der Waals surface area contributed by atoms with Gasteiger partial charge in [-0.3, -0.25) is 4.68 Å². The molecule has 0 aliphatic heterocycles. The van der Waals surface area contributed by atoms with E-state index in [1.54, 1.807) is 10.9 Å². The number of benzene rings is 1. The highest BCUT2D eigenvalue weighted by atomic mass is 19.3. The molecule has 0 atom stereocenters. The minimum atomic E-state index is -2.72. The summed E-state index contributed by atoms with van der Waals surface area (Å²) in [6, 6.07) is 2.10. The molecule has 0 spiro atoms. The van der Waals surface area contributed by atoms with Gasteiger partial charge in [0.1, 0.15) is 5.82 Å². The maximum atomic E-state index is 13.5. The maximum absolute atomic E-state index is 13.5. The molecule has 2 aromatic rings. The van der Waals surface area contributed by atoms with E-state index in [2.05, 4.69) is 5.10 Å². The second-order valence-corrected chi connectivity index (χ2v) is 4.56. The minimum Gasteiger partial charge on any atom is -0.396 e. The highest BCUT2D eigenvalue weighted by Gasteiger charge is 2.18. The van der Waals surface area contributed by atoms with E-state index in [0.717, 1.165) is 12.1 Å². The molecule has 2 N–H and O–H groups in total. The summed E-state index contributed by atoms with van der Waals surface area (Å²) in [4.78, 5) is 0. The van der Waals surface area contributed by atoms with Gasteiger partial charge in [0.25, 0.3) is 6.43 Å². The first kappa shape index (κ1) is 13.5. The van der Waals surface area contributed by atoms with Crippen molar-refractivity contribution in [1.29, 1.82) is 0 Å². The SMILES string of the molecule is CC(C)n1cc(-c2cc(F)c(N)cc2C(F)F)cn1. The van der Waals surface area contributed by atoms with Crippen LogP contribution in [0.4, 0.5) is 18.9 Å². The van der Waals surface area contributed by atoms with Gasteiger partial charge < -0.3 is 5.73 Å². The van der Waals surface area contributed by atoms with E-state index in [1.807, 2.05) is 13.8 Å². The molecule has 0 saturated heterocycles. The van der Waals surface area contributed by atoms with Gasteiger partial charge in [0.15, 0.2) is 0 Å². The van der Waals surface area contributed by atoms with E-state index in [1.165, 1.54) is 6.20 Å². The van der Waals surface area contributed by atoms with Crippen molar-refractivity contribution in [3.8, 4) is 11.1 Å². The average Bonchev–Trinajstić information content (AvgIpc) is 2.81. The Kier molecular flexibility index (Phi) is 3.50. The molecule has 0 amide bonds. The van der Waals surface area contributed by atoms with E-state index in [-0.39, 0.29) is 22.9 Å². The van der Waals surface area contributed by atoms with Crippen molar-refractivity contribution in [3.63, 3.8) is 0 Å². The summed E-state index contributed by atoms with van der Waals surface area (Å²) in [5.74, 6) is -0.711. The zero-order chi connectivity index (χ0) is 14.2. The lowest BCUT2D eigenvalue weighted by molar-refractivity contribution is 0.152. The number of nitrogen functional groups attached to an aromatic ring is 1. The molecule has 19 heavy (non-hydrogen) atoms. The second kappa shape index (κ2) is 4.95. The Morgan fingerprint density at radius 2 is 1.95 bits per heavy atom. The van der Waals surface area contributed by atoms with Crippen molar-refractivity contribution < 1.29 is 13.2 Å². The van der Waals surface area contributed by atoms with Crippen molar-refractivity contribution in [2.45, 2.75) is 26.3 Å². The molecular weight excluding hydrogens is 255 g/mol. The Balaban J connectivity index is 2.56. The Hall–Kier alpha value is -1.98. The summed E-state index contributed by atoms with van der Waals surface area (Å²) in [7, 11) is 0. The summed E-state index contributed by atoms with van der Waals surface area (Å²) < 4.78 is 41.1. The average molecular weight is 269 g/mol. The molecule has 0 fully saturated rings. The molecule has 0 bridgehead atoms. The van der Waals surface area contributed by atoms with Crippen molar-refractivity contribution in [2.75, 3.05) is 5.73 Å². The molecule has 0 aliphatic carbocycles. The van der Waals surface area contributed by atoms with Crippen LogP contribution in [0.3, 0.4) is 0 Å².